The second-order valence-electron chi connectivity index (χ2n) is 10.4. The first-order valence-electron chi connectivity index (χ1n) is 13.4. The molecule has 1 amide bonds. The van der Waals surface area contributed by atoms with E-state index in [9.17, 15) is 15.0 Å². The van der Waals surface area contributed by atoms with Crippen LogP contribution in [0.1, 0.15) is 42.3 Å². The molecule has 4 atom stereocenters. The first kappa shape index (κ1) is 28.3. The molecule has 0 fully saturated rings. The van der Waals surface area contributed by atoms with Crippen molar-refractivity contribution in [3.8, 4) is 28.8 Å². The Labute approximate surface area is 231 Å². The summed E-state index contributed by atoms with van der Waals surface area (Å²) in [7, 11) is 2.06. The molecule has 39 heavy (non-hydrogen) atoms. The number of ether oxygens (including phenoxy) is 1. The molecule has 1 aromatic heterocycles. The van der Waals surface area contributed by atoms with E-state index >= 15 is 0 Å². The van der Waals surface area contributed by atoms with E-state index in [-0.39, 0.29) is 36.5 Å². The Bertz CT molecular complexity index is 1310. The standard InChI is InChI=1S/C32H37N3O4/c1-22-18-35(23(2)21-36)32(38)29-16-26(11-10-24(3)37)17-33-31(29)39-30(22)20-34(4)19-25-12-14-28(15-13-25)27-8-6-5-7-9-27/h5-9,12-17,22-24,30,36-37H,18-21H2,1-4H3/t22-,23-,24+,30-/m0/s1. The van der Waals surface area contributed by atoms with Gasteiger partial charge in [0.2, 0.25) is 5.88 Å². The molecule has 2 N–H and O–H groups in total. The minimum Gasteiger partial charge on any atom is -0.472 e. The normalized spacial score (nSPS) is 18.7. The lowest BCUT2D eigenvalue weighted by Crippen LogP contribution is -2.49. The van der Waals surface area contributed by atoms with Gasteiger partial charge in [0, 0.05) is 37.3 Å². The number of fused-ring (bicyclic) bond motifs is 1. The van der Waals surface area contributed by atoms with E-state index in [1.54, 1.807) is 24.1 Å². The minimum absolute atomic E-state index is 0.00415. The molecule has 0 spiro atoms. The van der Waals surface area contributed by atoms with Crippen molar-refractivity contribution < 1.29 is 19.7 Å². The van der Waals surface area contributed by atoms with Crippen LogP contribution in [0, 0.1) is 17.8 Å². The number of carbonyl (C=O) groups excluding carboxylic acids is 1. The van der Waals surface area contributed by atoms with Gasteiger partial charge in [-0.1, -0.05) is 73.4 Å². The fraction of sp³-hybridized carbons (Fsp3) is 0.375. The first-order valence-corrected chi connectivity index (χ1v) is 13.4. The molecular formula is C32H37N3O4. The lowest BCUT2D eigenvalue weighted by molar-refractivity contribution is 0.0325. The number of nitrogens with zero attached hydrogens (tertiary/aromatic N) is 3. The molecule has 2 heterocycles. The van der Waals surface area contributed by atoms with E-state index in [1.807, 2.05) is 25.1 Å². The number of hydrogen-bond donors (Lipinski definition) is 2. The lowest BCUT2D eigenvalue weighted by atomic mass is 9.99. The minimum atomic E-state index is -0.791. The van der Waals surface area contributed by atoms with Gasteiger partial charge in [-0.3, -0.25) is 9.69 Å². The van der Waals surface area contributed by atoms with E-state index in [2.05, 4.69) is 72.1 Å². The van der Waals surface area contributed by atoms with Gasteiger partial charge in [-0.2, -0.15) is 0 Å². The largest absolute Gasteiger partial charge is 0.472 e. The fourth-order valence-corrected chi connectivity index (χ4v) is 4.69. The predicted octanol–water partition coefficient (Wildman–Crippen LogP) is 3.83. The van der Waals surface area contributed by atoms with Crippen LogP contribution in [0.2, 0.25) is 0 Å². The number of pyridine rings is 1. The second-order valence-corrected chi connectivity index (χ2v) is 10.4. The third-order valence-corrected chi connectivity index (χ3v) is 6.95. The average Bonchev–Trinajstić information content (AvgIpc) is 2.94. The lowest BCUT2D eigenvalue weighted by Gasteiger charge is -2.37. The molecule has 1 aliphatic heterocycles. The summed E-state index contributed by atoms with van der Waals surface area (Å²) < 4.78 is 6.39. The van der Waals surface area contributed by atoms with Crippen molar-refractivity contribution in [3.05, 3.63) is 83.6 Å². The Morgan fingerprint density at radius 2 is 1.82 bits per heavy atom. The zero-order valence-corrected chi connectivity index (χ0v) is 23.0. The van der Waals surface area contributed by atoms with Gasteiger partial charge in [-0.25, -0.2) is 4.98 Å². The zero-order valence-electron chi connectivity index (χ0n) is 23.0. The van der Waals surface area contributed by atoms with Crippen LogP contribution in [0.5, 0.6) is 5.88 Å². The summed E-state index contributed by atoms with van der Waals surface area (Å²) in [5.74, 6) is 5.55. The maximum absolute atomic E-state index is 13.5. The van der Waals surface area contributed by atoms with Crippen molar-refractivity contribution in [2.75, 3.05) is 26.7 Å². The van der Waals surface area contributed by atoms with Crippen molar-refractivity contribution in [2.45, 2.75) is 45.6 Å². The second kappa shape index (κ2) is 12.9. The number of likely N-dealkylation sites (N-methyl/N-ethyl adjacent to an activating group) is 1. The molecule has 7 nitrogen and oxygen atoms in total. The highest BCUT2D eigenvalue weighted by Crippen LogP contribution is 2.28. The third-order valence-electron chi connectivity index (χ3n) is 6.95. The van der Waals surface area contributed by atoms with Gasteiger partial charge < -0.3 is 19.8 Å². The molecule has 0 unspecified atom stereocenters. The highest BCUT2D eigenvalue weighted by molar-refractivity contribution is 5.97. The van der Waals surface area contributed by atoms with Gasteiger partial charge in [0.05, 0.1) is 12.6 Å². The van der Waals surface area contributed by atoms with Crippen molar-refractivity contribution in [2.24, 2.45) is 5.92 Å². The zero-order chi connectivity index (χ0) is 27.9. The SMILES string of the molecule is C[C@@H](O)C#Cc1cnc2c(c1)C(=O)N([C@@H](C)CO)C[C@H](C)[C@H](CN(C)Cc1ccc(-c3ccccc3)cc1)O2. The van der Waals surface area contributed by atoms with E-state index < -0.39 is 6.10 Å². The molecule has 7 heteroatoms. The van der Waals surface area contributed by atoms with Crippen LogP contribution in [0.25, 0.3) is 11.1 Å². The molecule has 4 rings (SSSR count). The molecule has 0 radical (unpaired) electrons. The monoisotopic (exact) mass is 527 g/mol. The molecule has 0 bridgehead atoms. The highest BCUT2D eigenvalue weighted by Gasteiger charge is 2.34. The van der Waals surface area contributed by atoms with Gasteiger partial charge in [0.15, 0.2) is 0 Å². The molecule has 204 valence electrons. The smallest absolute Gasteiger partial charge is 0.259 e. The van der Waals surface area contributed by atoms with Gasteiger partial charge >= 0.3 is 0 Å². The molecule has 0 aliphatic carbocycles. The molecular weight excluding hydrogens is 490 g/mol. The fourth-order valence-electron chi connectivity index (χ4n) is 4.69. The number of aliphatic hydroxyl groups is 2. The van der Waals surface area contributed by atoms with Crippen molar-refractivity contribution in [3.63, 3.8) is 0 Å². The van der Waals surface area contributed by atoms with Crippen molar-refractivity contribution in [1.82, 2.24) is 14.8 Å². The molecule has 1 aliphatic rings. The molecule has 3 aromatic rings. The maximum Gasteiger partial charge on any atom is 0.259 e. The van der Waals surface area contributed by atoms with E-state index in [1.165, 1.54) is 16.7 Å². The van der Waals surface area contributed by atoms with Crippen LogP contribution >= 0.6 is 0 Å². The number of hydrogen-bond acceptors (Lipinski definition) is 6. The Balaban J connectivity index is 1.54. The number of carbonyl (C=O) groups is 1. The van der Waals surface area contributed by atoms with Crippen LogP contribution in [-0.2, 0) is 6.54 Å². The van der Waals surface area contributed by atoms with Gasteiger partial charge in [0.1, 0.15) is 17.8 Å². The van der Waals surface area contributed by atoms with Gasteiger partial charge in [0.25, 0.3) is 5.91 Å². The quantitative estimate of drug-likeness (QED) is 0.454. The summed E-state index contributed by atoms with van der Waals surface area (Å²) >= 11 is 0. The summed E-state index contributed by atoms with van der Waals surface area (Å²) in [5.41, 5.74) is 4.40. The Hall–Kier alpha value is -3.70. The maximum atomic E-state index is 13.5. The highest BCUT2D eigenvalue weighted by atomic mass is 16.5. The van der Waals surface area contributed by atoms with Gasteiger partial charge in [-0.15, -0.1) is 0 Å². The topological polar surface area (TPSA) is 86.1 Å². The average molecular weight is 528 g/mol. The Kier molecular flexibility index (Phi) is 9.36. The van der Waals surface area contributed by atoms with Crippen LogP contribution in [0.15, 0.2) is 66.9 Å². The summed E-state index contributed by atoms with van der Waals surface area (Å²) in [4.78, 5) is 21.9. The van der Waals surface area contributed by atoms with Crippen LogP contribution in [-0.4, -0.2) is 75.9 Å². The first-order chi connectivity index (χ1) is 18.7. The molecule has 0 saturated carbocycles. The van der Waals surface area contributed by atoms with Crippen molar-refractivity contribution >= 4 is 5.91 Å². The van der Waals surface area contributed by atoms with Crippen LogP contribution in [0.4, 0.5) is 0 Å². The van der Waals surface area contributed by atoms with Gasteiger partial charge in [-0.05, 0) is 43.7 Å². The van der Waals surface area contributed by atoms with Crippen molar-refractivity contribution in [1.29, 1.82) is 0 Å². The number of amides is 1. The summed E-state index contributed by atoms with van der Waals surface area (Å²) in [6, 6.07) is 20.2. The summed E-state index contributed by atoms with van der Waals surface area (Å²) in [6.45, 7) is 7.13. The molecule has 2 aromatic carbocycles. The summed E-state index contributed by atoms with van der Waals surface area (Å²) in [6.07, 6.45) is 0.531. The number of aliphatic hydroxyl groups excluding tert-OH is 2. The van der Waals surface area contributed by atoms with Crippen LogP contribution < -0.4 is 4.74 Å². The molecule has 0 saturated heterocycles. The third kappa shape index (κ3) is 7.24. The Morgan fingerprint density at radius 1 is 1.13 bits per heavy atom. The number of rotatable bonds is 7. The number of benzene rings is 2. The Morgan fingerprint density at radius 3 is 2.49 bits per heavy atom. The predicted molar refractivity (Wildman–Crippen MR) is 152 cm³/mol. The van der Waals surface area contributed by atoms with E-state index in [4.69, 9.17) is 4.74 Å². The summed E-state index contributed by atoms with van der Waals surface area (Å²) in [5, 5.41) is 19.4. The van der Waals surface area contributed by atoms with E-state index in [0.29, 0.717) is 24.2 Å². The van der Waals surface area contributed by atoms with E-state index in [0.717, 1.165) is 6.54 Å². The van der Waals surface area contributed by atoms with Crippen LogP contribution in [0.3, 0.4) is 0 Å². The number of aromatic nitrogens is 1.